The summed E-state index contributed by atoms with van der Waals surface area (Å²) in [6.45, 7) is 0.303. The van der Waals surface area contributed by atoms with Crippen LogP contribution in [0, 0.1) is 17.5 Å². The molecule has 0 radical (unpaired) electrons. The molecule has 136 valence electrons. The number of aliphatic imine (C=N–C) groups is 1. The lowest BCUT2D eigenvalue weighted by Crippen LogP contribution is -2.36. The topological polar surface area (TPSA) is 84.7 Å². The Morgan fingerprint density at radius 2 is 1.77 bits per heavy atom. The summed E-state index contributed by atoms with van der Waals surface area (Å²) in [7, 11) is 0. The lowest BCUT2D eigenvalue weighted by Gasteiger charge is -2.30. The van der Waals surface area contributed by atoms with Crippen LogP contribution in [0.3, 0.4) is 0 Å². The third-order valence-corrected chi connectivity index (χ3v) is 4.48. The van der Waals surface area contributed by atoms with Gasteiger partial charge < -0.3 is 16.4 Å². The van der Waals surface area contributed by atoms with Crippen molar-refractivity contribution in [2.45, 2.75) is 13.0 Å². The molecular formula is C17H14ClF3N4O. The predicted molar refractivity (Wildman–Crippen MR) is 92.1 cm³/mol. The van der Waals surface area contributed by atoms with E-state index in [0.717, 1.165) is 0 Å². The summed E-state index contributed by atoms with van der Waals surface area (Å²) in [6, 6.07) is 3.50. The number of amides is 2. The highest BCUT2D eigenvalue weighted by Gasteiger charge is 2.27. The molecule has 2 amide bonds. The van der Waals surface area contributed by atoms with Gasteiger partial charge >= 0.3 is 6.03 Å². The number of nitrogens with two attached hydrogens (primary N) is 2. The number of urea groups is 1. The predicted octanol–water partition coefficient (Wildman–Crippen LogP) is 3.18. The Bertz CT molecular complexity index is 905. The number of benzene rings is 2. The molecule has 0 aromatic heterocycles. The Morgan fingerprint density at radius 1 is 1.12 bits per heavy atom. The number of hydrogen-bond acceptors (Lipinski definition) is 1. The van der Waals surface area contributed by atoms with E-state index >= 15 is 0 Å². The summed E-state index contributed by atoms with van der Waals surface area (Å²) in [4.78, 5) is 16.9. The van der Waals surface area contributed by atoms with E-state index in [4.69, 9.17) is 23.1 Å². The summed E-state index contributed by atoms with van der Waals surface area (Å²) in [5, 5.41) is 0.417. The van der Waals surface area contributed by atoms with Gasteiger partial charge in [-0.1, -0.05) is 17.7 Å². The maximum atomic E-state index is 14.2. The van der Waals surface area contributed by atoms with Crippen LogP contribution in [0.2, 0.25) is 5.02 Å². The molecule has 0 unspecified atom stereocenters. The van der Waals surface area contributed by atoms with Crippen molar-refractivity contribution in [2.24, 2.45) is 16.5 Å². The minimum atomic E-state index is -1.04. The van der Waals surface area contributed by atoms with E-state index in [1.54, 1.807) is 0 Å². The second-order valence-corrected chi connectivity index (χ2v) is 6.19. The van der Waals surface area contributed by atoms with Gasteiger partial charge in [0.25, 0.3) is 0 Å². The molecule has 1 heterocycles. The highest BCUT2D eigenvalue weighted by atomic mass is 35.5. The standard InChI is InChI=1S/C17H14ClF3N4O/c18-12-2-1-10(15-13(20)5-8(19)6-14(15)21)11-7-25(4-3-9(11)12)17(26)24-16(22)23/h1-2,5-6H,3-4,7H2,(H4,22,23,24,26). The van der Waals surface area contributed by atoms with Crippen LogP contribution >= 0.6 is 11.6 Å². The number of carbonyl (C=O) groups is 1. The van der Waals surface area contributed by atoms with Crippen LogP contribution in [0.15, 0.2) is 29.3 Å². The third-order valence-electron chi connectivity index (χ3n) is 4.13. The van der Waals surface area contributed by atoms with Gasteiger partial charge in [0.1, 0.15) is 17.5 Å². The second kappa shape index (κ2) is 6.87. The molecule has 0 aliphatic carbocycles. The van der Waals surface area contributed by atoms with E-state index in [-0.39, 0.29) is 23.6 Å². The van der Waals surface area contributed by atoms with Crippen molar-refractivity contribution in [2.75, 3.05) is 6.54 Å². The highest BCUT2D eigenvalue weighted by Crippen LogP contribution is 2.37. The Balaban J connectivity index is 2.12. The zero-order valence-electron chi connectivity index (χ0n) is 13.4. The summed E-state index contributed by atoms with van der Waals surface area (Å²) in [6.07, 6.45) is 0.359. The molecule has 5 nitrogen and oxygen atoms in total. The first-order valence-corrected chi connectivity index (χ1v) is 7.99. The van der Waals surface area contributed by atoms with E-state index in [9.17, 15) is 18.0 Å². The fourth-order valence-corrected chi connectivity index (χ4v) is 3.28. The van der Waals surface area contributed by atoms with Gasteiger partial charge in [0.05, 0.1) is 5.56 Å². The molecule has 26 heavy (non-hydrogen) atoms. The van der Waals surface area contributed by atoms with Crippen molar-refractivity contribution in [1.82, 2.24) is 4.90 Å². The molecule has 0 bridgehead atoms. The number of nitrogens with zero attached hydrogens (tertiary/aromatic N) is 2. The number of carbonyl (C=O) groups excluding carboxylic acids is 1. The monoisotopic (exact) mass is 382 g/mol. The molecule has 0 saturated heterocycles. The molecule has 4 N–H and O–H groups in total. The van der Waals surface area contributed by atoms with Crippen molar-refractivity contribution in [3.05, 3.63) is 57.9 Å². The molecule has 1 aliphatic rings. The van der Waals surface area contributed by atoms with E-state index in [1.807, 2.05) is 0 Å². The van der Waals surface area contributed by atoms with Crippen LogP contribution in [-0.2, 0) is 13.0 Å². The summed E-state index contributed by atoms with van der Waals surface area (Å²) >= 11 is 6.20. The second-order valence-electron chi connectivity index (χ2n) is 5.79. The van der Waals surface area contributed by atoms with Gasteiger partial charge in [-0.25, -0.2) is 18.0 Å². The van der Waals surface area contributed by atoms with Crippen molar-refractivity contribution in [3.63, 3.8) is 0 Å². The lowest BCUT2D eigenvalue weighted by atomic mass is 9.90. The SMILES string of the molecule is NC(N)=NC(=O)N1CCc2c(Cl)ccc(-c3c(F)cc(F)cc3F)c2C1. The number of hydrogen-bond donors (Lipinski definition) is 2. The largest absolute Gasteiger partial charge is 0.370 e. The molecular weight excluding hydrogens is 369 g/mol. The van der Waals surface area contributed by atoms with Crippen LogP contribution < -0.4 is 11.5 Å². The minimum absolute atomic E-state index is 0.0110. The van der Waals surface area contributed by atoms with Crippen molar-refractivity contribution in [1.29, 1.82) is 0 Å². The number of fused-ring (bicyclic) bond motifs is 1. The van der Waals surface area contributed by atoms with Gasteiger partial charge in [-0.3, -0.25) is 0 Å². The number of guanidine groups is 1. The first-order valence-electron chi connectivity index (χ1n) is 7.61. The Kier molecular flexibility index (Phi) is 4.78. The van der Waals surface area contributed by atoms with Gasteiger partial charge in [0, 0.05) is 30.2 Å². The lowest BCUT2D eigenvalue weighted by molar-refractivity contribution is 0.203. The number of rotatable bonds is 1. The average molecular weight is 383 g/mol. The molecule has 1 aliphatic heterocycles. The Hall–Kier alpha value is -2.74. The Labute approximate surface area is 152 Å². The smallest absolute Gasteiger partial charge is 0.347 e. The molecule has 2 aromatic carbocycles. The molecule has 0 saturated carbocycles. The van der Waals surface area contributed by atoms with E-state index in [1.165, 1.54) is 17.0 Å². The minimum Gasteiger partial charge on any atom is -0.370 e. The van der Waals surface area contributed by atoms with Crippen LogP contribution in [0.4, 0.5) is 18.0 Å². The van der Waals surface area contributed by atoms with Gasteiger partial charge in [-0.05, 0) is 29.2 Å². The van der Waals surface area contributed by atoms with Crippen LogP contribution in [0.1, 0.15) is 11.1 Å². The van der Waals surface area contributed by atoms with E-state index in [2.05, 4.69) is 4.99 Å². The Morgan fingerprint density at radius 3 is 2.38 bits per heavy atom. The molecule has 2 aromatic rings. The fraction of sp³-hybridized carbons (Fsp3) is 0.176. The molecule has 0 spiro atoms. The molecule has 9 heteroatoms. The molecule has 3 rings (SSSR count). The first-order chi connectivity index (χ1) is 12.3. The summed E-state index contributed by atoms with van der Waals surface area (Å²) < 4.78 is 41.7. The van der Waals surface area contributed by atoms with Crippen molar-refractivity contribution in [3.8, 4) is 11.1 Å². The maximum Gasteiger partial charge on any atom is 0.347 e. The average Bonchev–Trinajstić information content (AvgIpc) is 2.55. The third kappa shape index (κ3) is 3.32. The first kappa shape index (κ1) is 18.1. The van der Waals surface area contributed by atoms with E-state index < -0.39 is 23.5 Å². The summed E-state index contributed by atoms with van der Waals surface area (Å²) in [5.41, 5.74) is 11.4. The van der Waals surface area contributed by atoms with Gasteiger partial charge in [-0.2, -0.15) is 4.99 Å². The normalized spacial score (nSPS) is 13.3. The maximum absolute atomic E-state index is 14.2. The quantitative estimate of drug-likeness (QED) is 0.587. The van der Waals surface area contributed by atoms with E-state index in [0.29, 0.717) is 41.2 Å². The molecule has 0 atom stereocenters. The van der Waals surface area contributed by atoms with Crippen LogP contribution in [0.25, 0.3) is 11.1 Å². The van der Waals surface area contributed by atoms with Gasteiger partial charge in [-0.15, -0.1) is 0 Å². The fourth-order valence-electron chi connectivity index (χ4n) is 3.01. The zero-order valence-corrected chi connectivity index (χ0v) is 14.2. The van der Waals surface area contributed by atoms with Crippen molar-refractivity contribution >= 4 is 23.6 Å². The zero-order chi connectivity index (χ0) is 19.0. The highest BCUT2D eigenvalue weighted by molar-refractivity contribution is 6.31. The van der Waals surface area contributed by atoms with Crippen LogP contribution in [0.5, 0.6) is 0 Å². The van der Waals surface area contributed by atoms with Crippen LogP contribution in [-0.4, -0.2) is 23.4 Å². The summed E-state index contributed by atoms with van der Waals surface area (Å²) in [5.74, 6) is -3.49. The van der Waals surface area contributed by atoms with Gasteiger partial charge in [0.2, 0.25) is 0 Å². The molecule has 0 fully saturated rings. The number of halogens is 4. The van der Waals surface area contributed by atoms with Crippen molar-refractivity contribution < 1.29 is 18.0 Å². The van der Waals surface area contributed by atoms with Gasteiger partial charge in [0.15, 0.2) is 5.96 Å².